The molecule has 7 nitrogen and oxygen atoms in total. The Bertz CT molecular complexity index is 786. The first-order chi connectivity index (χ1) is 13.3. The molecule has 1 aliphatic heterocycles. The van der Waals surface area contributed by atoms with E-state index in [2.05, 4.69) is 20.3 Å². The van der Waals surface area contributed by atoms with Crippen LogP contribution in [0, 0.1) is 0 Å². The van der Waals surface area contributed by atoms with Gasteiger partial charge in [0, 0.05) is 6.54 Å². The molecule has 2 heterocycles. The van der Waals surface area contributed by atoms with Crippen LogP contribution in [-0.2, 0) is 17.5 Å². The number of hydrogen-bond donors (Lipinski definition) is 2. The van der Waals surface area contributed by atoms with Crippen molar-refractivity contribution in [3.05, 3.63) is 41.7 Å². The van der Waals surface area contributed by atoms with E-state index in [4.69, 9.17) is 5.73 Å². The summed E-state index contributed by atoms with van der Waals surface area (Å²) in [5.74, 6) is -2.27. The standard InChI is InChI=1S/C18H23F3N6O/c19-18(20,21)16-24-17(22)27(25-16)12-15(28)23-11-14(13-7-3-1-4-8-13)26-9-5-2-6-10-26/h1,3-4,7-8,14H,2,5-6,9-12H2,(H,23,28)(H2,22,24,25)/t14-/m1/s1. The molecule has 1 saturated heterocycles. The minimum Gasteiger partial charge on any atom is -0.368 e. The number of halogens is 3. The Labute approximate surface area is 160 Å². The third-order valence-corrected chi connectivity index (χ3v) is 4.76. The third-order valence-electron chi connectivity index (χ3n) is 4.76. The lowest BCUT2D eigenvalue weighted by molar-refractivity contribution is -0.145. The van der Waals surface area contributed by atoms with Gasteiger partial charge in [0.15, 0.2) is 0 Å². The van der Waals surface area contributed by atoms with Gasteiger partial charge in [-0.25, -0.2) is 4.68 Å². The number of nitrogens with one attached hydrogen (secondary N) is 1. The SMILES string of the molecule is Nc1nc(C(F)(F)F)nn1CC(=O)NC[C@H](c1ccccc1)N1CCCCC1. The van der Waals surface area contributed by atoms with Crippen molar-refractivity contribution in [3.63, 3.8) is 0 Å². The van der Waals surface area contributed by atoms with Gasteiger partial charge in [0.25, 0.3) is 5.82 Å². The second-order valence-electron chi connectivity index (χ2n) is 6.78. The molecule has 0 saturated carbocycles. The number of hydrogen-bond acceptors (Lipinski definition) is 5. The van der Waals surface area contributed by atoms with Gasteiger partial charge in [-0.1, -0.05) is 36.8 Å². The van der Waals surface area contributed by atoms with Gasteiger partial charge in [0.2, 0.25) is 11.9 Å². The molecular weight excluding hydrogens is 373 g/mol. The van der Waals surface area contributed by atoms with Crippen molar-refractivity contribution in [2.75, 3.05) is 25.4 Å². The largest absolute Gasteiger partial charge is 0.453 e. The topological polar surface area (TPSA) is 89.1 Å². The lowest BCUT2D eigenvalue weighted by Crippen LogP contribution is -2.41. The highest BCUT2D eigenvalue weighted by atomic mass is 19.4. The molecule has 2 aromatic rings. The van der Waals surface area contributed by atoms with Gasteiger partial charge in [-0.2, -0.15) is 18.2 Å². The van der Waals surface area contributed by atoms with Gasteiger partial charge in [-0.05, 0) is 31.5 Å². The van der Waals surface area contributed by atoms with Crippen molar-refractivity contribution in [2.24, 2.45) is 0 Å². The van der Waals surface area contributed by atoms with Gasteiger partial charge < -0.3 is 11.1 Å². The first kappa shape index (κ1) is 20.1. The average Bonchev–Trinajstić information content (AvgIpc) is 3.04. The monoisotopic (exact) mass is 396 g/mol. The van der Waals surface area contributed by atoms with Crippen molar-refractivity contribution in [1.82, 2.24) is 25.0 Å². The fourth-order valence-corrected chi connectivity index (χ4v) is 3.36. The summed E-state index contributed by atoms with van der Waals surface area (Å²) < 4.78 is 38.8. The molecule has 0 bridgehead atoms. The minimum atomic E-state index is -4.71. The molecule has 1 fully saturated rings. The van der Waals surface area contributed by atoms with Gasteiger partial charge in [-0.15, -0.1) is 5.10 Å². The summed E-state index contributed by atoms with van der Waals surface area (Å²) in [5.41, 5.74) is 6.54. The first-order valence-corrected chi connectivity index (χ1v) is 9.18. The normalized spacial score (nSPS) is 16.7. The molecule has 10 heteroatoms. The maximum Gasteiger partial charge on any atom is 0.453 e. The van der Waals surface area contributed by atoms with Gasteiger partial charge in [0.05, 0.1) is 6.04 Å². The fraction of sp³-hybridized carbons (Fsp3) is 0.500. The molecule has 0 unspecified atom stereocenters. The van der Waals surface area contributed by atoms with E-state index in [1.165, 1.54) is 6.42 Å². The first-order valence-electron chi connectivity index (χ1n) is 9.18. The molecule has 1 aromatic carbocycles. The van der Waals surface area contributed by atoms with Crippen LogP contribution in [0.5, 0.6) is 0 Å². The molecule has 0 aliphatic carbocycles. The van der Waals surface area contributed by atoms with Crippen molar-refractivity contribution in [2.45, 2.75) is 38.0 Å². The van der Waals surface area contributed by atoms with Crippen LogP contribution in [0.3, 0.4) is 0 Å². The average molecular weight is 396 g/mol. The van der Waals surface area contributed by atoms with Crippen LogP contribution in [0.25, 0.3) is 0 Å². The number of alkyl halides is 3. The van der Waals surface area contributed by atoms with Crippen molar-refractivity contribution < 1.29 is 18.0 Å². The number of aromatic nitrogens is 3. The number of benzene rings is 1. The molecule has 1 aliphatic rings. The van der Waals surface area contributed by atoms with Crippen LogP contribution in [0.15, 0.2) is 30.3 Å². The molecule has 1 atom stereocenters. The van der Waals surface area contributed by atoms with Crippen molar-refractivity contribution in [1.29, 1.82) is 0 Å². The molecule has 1 aromatic heterocycles. The van der Waals surface area contributed by atoms with Crippen LogP contribution >= 0.6 is 0 Å². The van der Waals surface area contributed by atoms with E-state index in [-0.39, 0.29) is 6.04 Å². The second kappa shape index (κ2) is 8.59. The Morgan fingerprint density at radius 1 is 1.18 bits per heavy atom. The van der Waals surface area contributed by atoms with Crippen LogP contribution in [0.2, 0.25) is 0 Å². The molecule has 1 amide bonds. The summed E-state index contributed by atoms with van der Waals surface area (Å²) >= 11 is 0. The lowest BCUT2D eigenvalue weighted by Gasteiger charge is -2.35. The zero-order valence-corrected chi connectivity index (χ0v) is 15.3. The maximum atomic E-state index is 12.7. The molecule has 3 rings (SSSR count). The van der Waals surface area contributed by atoms with Crippen LogP contribution in [0.4, 0.5) is 19.1 Å². The molecule has 152 valence electrons. The van der Waals surface area contributed by atoms with Gasteiger partial charge in [0.1, 0.15) is 6.54 Å². The summed E-state index contributed by atoms with van der Waals surface area (Å²) in [6.45, 7) is 1.82. The Balaban J connectivity index is 1.64. The number of anilines is 1. The zero-order valence-electron chi connectivity index (χ0n) is 15.3. The number of amides is 1. The minimum absolute atomic E-state index is 0.00396. The van der Waals surface area contributed by atoms with E-state index in [0.29, 0.717) is 6.54 Å². The van der Waals surface area contributed by atoms with E-state index in [9.17, 15) is 18.0 Å². The fourth-order valence-electron chi connectivity index (χ4n) is 3.36. The quantitative estimate of drug-likeness (QED) is 0.782. The summed E-state index contributed by atoms with van der Waals surface area (Å²) in [6.07, 6.45) is -1.31. The van der Waals surface area contributed by atoms with E-state index in [0.717, 1.165) is 36.2 Å². The third kappa shape index (κ3) is 5.00. The zero-order chi connectivity index (χ0) is 20.1. The highest BCUT2D eigenvalue weighted by Crippen LogP contribution is 2.27. The van der Waals surface area contributed by atoms with E-state index in [1.807, 2.05) is 30.3 Å². The summed E-state index contributed by atoms with van der Waals surface area (Å²) in [7, 11) is 0. The highest BCUT2D eigenvalue weighted by molar-refractivity contribution is 5.76. The number of nitrogen functional groups attached to an aromatic ring is 1. The Kier molecular flexibility index (Phi) is 6.18. The number of carbonyl (C=O) groups is 1. The number of rotatable bonds is 6. The van der Waals surface area contributed by atoms with E-state index in [1.54, 1.807) is 0 Å². The lowest BCUT2D eigenvalue weighted by atomic mass is 10.0. The Morgan fingerprint density at radius 2 is 1.86 bits per heavy atom. The summed E-state index contributed by atoms with van der Waals surface area (Å²) in [5, 5.41) is 6.08. The number of nitrogens with two attached hydrogens (primary N) is 1. The van der Waals surface area contributed by atoms with Crippen LogP contribution < -0.4 is 11.1 Å². The van der Waals surface area contributed by atoms with Gasteiger partial charge >= 0.3 is 6.18 Å². The summed E-state index contributed by atoms with van der Waals surface area (Å²) in [4.78, 5) is 17.8. The summed E-state index contributed by atoms with van der Waals surface area (Å²) in [6, 6.07) is 9.85. The predicted octanol–water partition coefficient (Wildman–Crippen LogP) is 2.22. The van der Waals surface area contributed by atoms with Crippen LogP contribution in [0.1, 0.15) is 36.7 Å². The van der Waals surface area contributed by atoms with E-state index < -0.39 is 30.4 Å². The molecule has 28 heavy (non-hydrogen) atoms. The Morgan fingerprint density at radius 3 is 2.46 bits per heavy atom. The Hall–Kier alpha value is -2.62. The number of nitrogens with zero attached hydrogens (tertiary/aromatic N) is 4. The molecule has 0 radical (unpaired) electrons. The molecule has 0 spiro atoms. The molecular formula is C18H23F3N6O. The number of piperidine rings is 1. The smallest absolute Gasteiger partial charge is 0.368 e. The second-order valence-corrected chi connectivity index (χ2v) is 6.78. The van der Waals surface area contributed by atoms with E-state index >= 15 is 0 Å². The highest BCUT2D eigenvalue weighted by Gasteiger charge is 2.37. The van der Waals surface area contributed by atoms with Gasteiger partial charge in [-0.3, -0.25) is 9.69 Å². The number of likely N-dealkylation sites (tertiary alicyclic amines) is 1. The van der Waals surface area contributed by atoms with Crippen LogP contribution in [-0.4, -0.2) is 45.2 Å². The maximum absolute atomic E-state index is 12.7. The van der Waals surface area contributed by atoms with Crippen molar-refractivity contribution in [3.8, 4) is 0 Å². The van der Waals surface area contributed by atoms with Crippen molar-refractivity contribution >= 4 is 11.9 Å². The predicted molar refractivity (Wildman–Crippen MR) is 97.1 cm³/mol. The molecule has 3 N–H and O–H groups in total. The number of carbonyl (C=O) groups excluding carboxylic acids is 1.